The standard InChI is InChI=1S/C15H19Br2N3O3/c1-2-23-15-12(16)7-11(8-13(15)17)9-18-19-14(21)10-20-3-5-22-6-4-20/h7-9H,2-6,10H2,1H3,(H,19,21)/b18-9+. The fourth-order valence-electron chi connectivity index (χ4n) is 2.11. The molecule has 1 aromatic carbocycles. The second kappa shape index (κ2) is 9.36. The molecule has 2 rings (SSSR count). The average Bonchev–Trinajstić information content (AvgIpc) is 2.52. The molecule has 0 unspecified atom stereocenters. The zero-order chi connectivity index (χ0) is 16.7. The summed E-state index contributed by atoms with van der Waals surface area (Å²) in [6.45, 7) is 5.74. The molecule has 0 aromatic heterocycles. The largest absolute Gasteiger partial charge is 0.492 e. The second-order valence-electron chi connectivity index (χ2n) is 4.93. The minimum absolute atomic E-state index is 0.132. The van der Waals surface area contributed by atoms with Crippen molar-refractivity contribution >= 4 is 44.0 Å². The maximum atomic E-state index is 11.8. The van der Waals surface area contributed by atoms with Crippen molar-refractivity contribution in [3.63, 3.8) is 0 Å². The number of amides is 1. The van der Waals surface area contributed by atoms with Gasteiger partial charge in [0.05, 0.1) is 41.5 Å². The molecule has 1 saturated heterocycles. The number of benzene rings is 1. The Morgan fingerprint density at radius 1 is 1.39 bits per heavy atom. The zero-order valence-corrected chi connectivity index (χ0v) is 16.0. The van der Waals surface area contributed by atoms with Crippen LogP contribution >= 0.6 is 31.9 Å². The first-order valence-electron chi connectivity index (χ1n) is 7.34. The van der Waals surface area contributed by atoms with E-state index < -0.39 is 0 Å². The lowest BCUT2D eigenvalue weighted by atomic mass is 10.2. The predicted molar refractivity (Wildman–Crippen MR) is 96.0 cm³/mol. The Hall–Kier alpha value is -0.960. The number of hydrogen-bond donors (Lipinski definition) is 1. The molecule has 1 fully saturated rings. The van der Waals surface area contributed by atoms with Crippen molar-refractivity contribution in [2.75, 3.05) is 39.5 Å². The number of hydrogen-bond acceptors (Lipinski definition) is 5. The maximum Gasteiger partial charge on any atom is 0.254 e. The van der Waals surface area contributed by atoms with E-state index in [0.29, 0.717) is 26.4 Å². The summed E-state index contributed by atoms with van der Waals surface area (Å²) in [4.78, 5) is 13.9. The zero-order valence-electron chi connectivity index (χ0n) is 12.8. The van der Waals surface area contributed by atoms with Gasteiger partial charge in [-0.25, -0.2) is 5.43 Å². The predicted octanol–water partition coefficient (Wildman–Crippen LogP) is 2.39. The quantitative estimate of drug-likeness (QED) is 0.536. The molecule has 6 nitrogen and oxygen atoms in total. The molecular formula is C15H19Br2N3O3. The van der Waals surface area contributed by atoms with Gasteiger partial charge in [0, 0.05) is 13.1 Å². The molecule has 1 aliphatic rings. The summed E-state index contributed by atoms with van der Waals surface area (Å²) in [5.41, 5.74) is 3.39. The molecular weight excluding hydrogens is 430 g/mol. The van der Waals surface area contributed by atoms with Crippen molar-refractivity contribution in [1.82, 2.24) is 10.3 Å². The first-order valence-corrected chi connectivity index (χ1v) is 8.92. The number of carbonyl (C=O) groups excluding carboxylic acids is 1. The third-order valence-corrected chi connectivity index (χ3v) is 4.36. The van der Waals surface area contributed by atoms with Crippen LogP contribution in [0.15, 0.2) is 26.2 Å². The van der Waals surface area contributed by atoms with Gasteiger partial charge < -0.3 is 9.47 Å². The number of rotatable bonds is 6. The number of hydrazone groups is 1. The molecule has 0 spiro atoms. The maximum absolute atomic E-state index is 11.8. The normalized spacial score (nSPS) is 15.8. The monoisotopic (exact) mass is 447 g/mol. The van der Waals surface area contributed by atoms with Gasteiger partial charge in [-0.2, -0.15) is 5.10 Å². The lowest BCUT2D eigenvalue weighted by Crippen LogP contribution is -2.42. The summed E-state index contributed by atoms with van der Waals surface area (Å²) in [7, 11) is 0. The number of nitrogens with zero attached hydrogens (tertiary/aromatic N) is 2. The molecule has 0 atom stereocenters. The molecule has 23 heavy (non-hydrogen) atoms. The Bertz CT molecular complexity index is 552. The lowest BCUT2D eigenvalue weighted by Gasteiger charge is -2.25. The van der Waals surface area contributed by atoms with E-state index in [1.165, 1.54) is 0 Å². The molecule has 126 valence electrons. The van der Waals surface area contributed by atoms with E-state index in [2.05, 4.69) is 42.4 Å². The van der Waals surface area contributed by atoms with Gasteiger partial charge in [-0.1, -0.05) is 0 Å². The summed E-state index contributed by atoms with van der Waals surface area (Å²) in [5.74, 6) is 0.619. The Labute approximate surface area is 152 Å². The summed E-state index contributed by atoms with van der Waals surface area (Å²) in [5, 5.41) is 4.00. The van der Waals surface area contributed by atoms with Crippen LogP contribution < -0.4 is 10.2 Å². The number of nitrogens with one attached hydrogen (secondary N) is 1. The van der Waals surface area contributed by atoms with E-state index in [1.807, 2.05) is 24.0 Å². The highest BCUT2D eigenvalue weighted by atomic mass is 79.9. The minimum Gasteiger partial charge on any atom is -0.492 e. The topological polar surface area (TPSA) is 63.2 Å². The molecule has 0 saturated carbocycles. The van der Waals surface area contributed by atoms with Gasteiger partial charge in [-0.3, -0.25) is 9.69 Å². The van der Waals surface area contributed by atoms with Crippen LogP contribution in [0.25, 0.3) is 0 Å². The van der Waals surface area contributed by atoms with Gasteiger partial charge in [0.15, 0.2) is 0 Å². The molecule has 1 aromatic rings. The smallest absolute Gasteiger partial charge is 0.254 e. The number of morpholine rings is 1. The third kappa shape index (κ3) is 5.87. The molecule has 0 radical (unpaired) electrons. The van der Waals surface area contributed by atoms with Crippen molar-refractivity contribution in [2.24, 2.45) is 5.10 Å². The molecule has 1 heterocycles. The second-order valence-corrected chi connectivity index (χ2v) is 6.64. The Morgan fingerprint density at radius 3 is 2.65 bits per heavy atom. The van der Waals surface area contributed by atoms with Crippen LogP contribution in [0.5, 0.6) is 5.75 Å². The van der Waals surface area contributed by atoms with Crippen LogP contribution in [0.2, 0.25) is 0 Å². The van der Waals surface area contributed by atoms with Gasteiger partial charge >= 0.3 is 0 Å². The van der Waals surface area contributed by atoms with Crippen LogP contribution in [0.4, 0.5) is 0 Å². The van der Waals surface area contributed by atoms with Crippen molar-refractivity contribution in [3.8, 4) is 5.75 Å². The minimum atomic E-state index is -0.132. The van der Waals surface area contributed by atoms with Crippen LogP contribution in [0.1, 0.15) is 12.5 Å². The van der Waals surface area contributed by atoms with Crippen molar-refractivity contribution in [1.29, 1.82) is 0 Å². The van der Waals surface area contributed by atoms with Gasteiger partial charge in [0.25, 0.3) is 5.91 Å². The van der Waals surface area contributed by atoms with Crippen LogP contribution in [0, 0.1) is 0 Å². The Balaban J connectivity index is 1.88. The van der Waals surface area contributed by atoms with E-state index in [9.17, 15) is 4.79 Å². The van der Waals surface area contributed by atoms with E-state index in [0.717, 1.165) is 33.3 Å². The van der Waals surface area contributed by atoms with Gasteiger partial charge in [0.2, 0.25) is 0 Å². The van der Waals surface area contributed by atoms with Gasteiger partial charge in [-0.05, 0) is 56.5 Å². The summed E-state index contributed by atoms with van der Waals surface area (Å²) in [6.07, 6.45) is 1.60. The molecule has 1 N–H and O–H groups in total. The van der Waals surface area contributed by atoms with Crippen LogP contribution in [-0.4, -0.2) is 56.5 Å². The SMILES string of the molecule is CCOc1c(Br)cc(/C=N/NC(=O)CN2CCOCC2)cc1Br. The highest BCUT2D eigenvalue weighted by molar-refractivity contribution is 9.11. The van der Waals surface area contributed by atoms with Gasteiger partial charge in [0.1, 0.15) is 5.75 Å². The van der Waals surface area contributed by atoms with Crippen molar-refractivity contribution in [2.45, 2.75) is 6.92 Å². The third-order valence-electron chi connectivity index (χ3n) is 3.18. The molecule has 8 heteroatoms. The first kappa shape index (κ1) is 18.4. The van der Waals surface area contributed by atoms with Crippen molar-refractivity contribution in [3.05, 3.63) is 26.6 Å². The molecule has 1 aliphatic heterocycles. The van der Waals surface area contributed by atoms with Crippen molar-refractivity contribution < 1.29 is 14.3 Å². The summed E-state index contributed by atoms with van der Waals surface area (Å²) >= 11 is 6.93. The summed E-state index contributed by atoms with van der Waals surface area (Å²) < 4.78 is 12.4. The summed E-state index contributed by atoms with van der Waals surface area (Å²) in [6, 6.07) is 3.76. The Morgan fingerprint density at radius 2 is 2.04 bits per heavy atom. The Kier molecular flexibility index (Phi) is 7.48. The highest BCUT2D eigenvalue weighted by Gasteiger charge is 2.13. The van der Waals surface area contributed by atoms with Crippen LogP contribution in [0.3, 0.4) is 0 Å². The van der Waals surface area contributed by atoms with E-state index in [-0.39, 0.29) is 5.91 Å². The lowest BCUT2D eigenvalue weighted by molar-refractivity contribution is -0.123. The molecule has 0 bridgehead atoms. The number of ether oxygens (including phenoxy) is 2. The van der Waals surface area contributed by atoms with E-state index >= 15 is 0 Å². The van der Waals surface area contributed by atoms with Crippen LogP contribution in [-0.2, 0) is 9.53 Å². The van der Waals surface area contributed by atoms with E-state index in [1.54, 1.807) is 6.21 Å². The highest BCUT2D eigenvalue weighted by Crippen LogP contribution is 2.34. The fraction of sp³-hybridized carbons (Fsp3) is 0.467. The molecule has 1 amide bonds. The number of halogens is 2. The average molecular weight is 449 g/mol. The first-order chi connectivity index (χ1) is 11.1. The molecule has 0 aliphatic carbocycles. The fourth-order valence-corrected chi connectivity index (χ4v) is 3.56. The van der Waals surface area contributed by atoms with Gasteiger partial charge in [-0.15, -0.1) is 0 Å². The number of carbonyl (C=O) groups is 1. The van der Waals surface area contributed by atoms with E-state index in [4.69, 9.17) is 9.47 Å².